The number of carbonyl (C=O) groups is 2. The molecule has 3 amide bonds. The number of benzene rings is 2. The Morgan fingerprint density at radius 3 is 2.57 bits per heavy atom. The van der Waals surface area contributed by atoms with Crippen LogP contribution in [0.15, 0.2) is 30.3 Å². The van der Waals surface area contributed by atoms with E-state index in [2.05, 4.69) is 28.8 Å². The summed E-state index contributed by atoms with van der Waals surface area (Å²) in [5, 5.41) is 7.63. The van der Waals surface area contributed by atoms with E-state index in [1.165, 1.54) is 16.5 Å². The van der Waals surface area contributed by atoms with Crippen LogP contribution in [-0.2, 0) is 17.6 Å². The van der Waals surface area contributed by atoms with Gasteiger partial charge >= 0.3 is 6.03 Å². The van der Waals surface area contributed by atoms with Gasteiger partial charge in [-0.25, -0.2) is 4.79 Å². The van der Waals surface area contributed by atoms with Crippen molar-refractivity contribution in [1.29, 1.82) is 0 Å². The SMILES string of the molecule is C[C@@H](Nc1ccc2c3c(cccc13)CC2)C(=O)NC(N)=O. The average molecular weight is 283 g/mol. The van der Waals surface area contributed by atoms with E-state index in [4.69, 9.17) is 5.73 Å². The number of amides is 3. The first-order chi connectivity index (χ1) is 10.1. The minimum absolute atomic E-state index is 0.439. The van der Waals surface area contributed by atoms with Crippen LogP contribution in [0.4, 0.5) is 10.5 Å². The third-order valence-electron chi connectivity index (χ3n) is 3.89. The van der Waals surface area contributed by atoms with Crippen LogP contribution in [0.25, 0.3) is 10.8 Å². The molecule has 2 aromatic carbocycles. The fraction of sp³-hybridized carbons (Fsp3) is 0.250. The third kappa shape index (κ3) is 2.42. The molecule has 0 spiro atoms. The summed E-state index contributed by atoms with van der Waals surface area (Å²) >= 11 is 0. The molecule has 0 saturated carbocycles. The Balaban J connectivity index is 1.92. The first-order valence-electron chi connectivity index (χ1n) is 6.96. The highest BCUT2D eigenvalue weighted by Gasteiger charge is 2.18. The Morgan fingerprint density at radius 1 is 1.14 bits per heavy atom. The second-order valence-electron chi connectivity index (χ2n) is 5.33. The minimum atomic E-state index is -0.839. The molecule has 4 N–H and O–H groups in total. The number of anilines is 1. The number of hydrogen-bond acceptors (Lipinski definition) is 3. The lowest BCUT2D eigenvalue weighted by Crippen LogP contribution is -2.43. The highest BCUT2D eigenvalue weighted by Crippen LogP contribution is 2.35. The minimum Gasteiger partial charge on any atom is -0.373 e. The molecule has 0 heterocycles. The van der Waals surface area contributed by atoms with Gasteiger partial charge in [-0.3, -0.25) is 10.1 Å². The first-order valence-corrected chi connectivity index (χ1v) is 6.96. The van der Waals surface area contributed by atoms with Gasteiger partial charge in [-0.05, 0) is 42.3 Å². The summed E-state index contributed by atoms with van der Waals surface area (Å²) in [4.78, 5) is 22.5. The van der Waals surface area contributed by atoms with Crippen LogP contribution in [0.3, 0.4) is 0 Å². The molecule has 0 saturated heterocycles. The van der Waals surface area contributed by atoms with Crippen LogP contribution in [0.2, 0.25) is 0 Å². The quantitative estimate of drug-likeness (QED) is 0.804. The summed E-state index contributed by atoms with van der Waals surface area (Å²) in [6.45, 7) is 1.70. The molecule has 0 radical (unpaired) electrons. The predicted molar refractivity (Wildman–Crippen MR) is 82.2 cm³/mol. The molecule has 0 fully saturated rings. The van der Waals surface area contributed by atoms with Gasteiger partial charge in [0.1, 0.15) is 6.04 Å². The molecule has 0 unspecified atom stereocenters. The summed E-state index contributed by atoms with van der Waals surface area (Å²) in [6, 6.07) is 8.93. The Hall–Kier alpha value is -2.56. The van der Waals surface area contributed by atoms with Crippen molar-refractivity contribution in [3.8, 4) is 0 Å². The number of aryl methyl sites for hydroxylation is 2. The van der Waals surface area contributed by atoms with Gasteiger partial charge in [0.25, 0.3) is 0 Å². The maximum atomic E-state index is 11.8. The monoisotopic (exact) mass is 283 g/mol. The average Bonchev–Trinajstić information content (AvgIpc) is 2.86. The van der Waals surface area contributed by atoms with E-state index in [0.717, 1.165) is 23.9 Å². The van der Waals surface area contributed by atoms with Crippen LogP contribution in [0, 0.1) is 0 Å². The predicted octanol–water partition coefficient (Wildman–Crippen LogP) is 1.93. The number of rotatable bonds is 3. The highest BCUT2D eigenvalue weighted by molar-refractivity contribution is 6.02. The van der Waals surface area contributed by atoms with E-state index >= 15 is 0 Å². The zero-order valence-corrected chi connectivity index (χ0v) is 11.8. The lowest BCUT2D eigenvalue weighted by molar-refractivity contribution is -0.120. The van der Waals surface area contributed by atoms with Crippen molar-refractivity contribution in [2.75, 3.05) is 5.32 Å². The molecule has 5 nitrogen and oxygen atoms in total. The summed E-state index contributed by atoms with van der Waals surface area (Å²) in [6.07, 6.45) is 2.13. The Bertz CT molecular complexity index is 729. The van der Waals surface area contributed by atoms with Gasteiger partial charge in [0.2, 0.25) is 5.91 Å². The van der Waals surface area contributed by atoms with Gasteiger partial charge in [0, 0.05) is 11.1 Å². The number of primary amides is 1. The molecule has 5 heteroatoms. The fourth-order valence-corrected chi connectivity index (χ4v) is 2.90. The summed E-state index contributed by atoms with van der Waals surface area (Å²) < 4.78 is 0. The molecule has 0 aliphatic heterocycles. The van der Waals surface area contributed by atoms with E-state index in [0.29, 0.717) is 0 Å². The normalized spacial score (nSPS) is 14.0. The van der Waals surface area contributed by atoms with Crippen LogP contribution in [0.5, 0.6) is 0 Å². The maximum absolute atomic E-state index is 11.8. The molecule has 0 aromatic heterocycles. The number of carbonyl (C=O) groups excluding carboxylic acids is 2. The number of imide groups is 1. The lowest BCUT2D eigenvalue weighted by atomic mass is 10.0. The zero-order chi connectivity index (χ0) is 15.0. The van der Waals surface area contributed by atoms with E-state index in [9.17, 15) is 9.59 Å². The molecule has 1 aliphatic carbocycles. The van der Waals surface area contributed by atoms with E-state index < -0.39 is 18.0 Å². The van der Waals surface area contributed by atoms with Crippen molar-refractivity contribution in [3.05, 3.63) is 41.5 Å². The molecule has 1 atom stereocenters. The molecular weight excluding hydrogens is 266 g/mol. The van der Waals surface area contributed by atoms with E-state index in [1.54, 1.807) is 6.92 Å². The second-order valence-corrected chi connectivity index (χ2v) is 5.33. The van der Waals surface area contributed by atoms with Crippen molar-refractivity contribution in [2.24, 2.45) is 5.73 Å². The molecule has 3 rings (SSSR count). The van der Waals surface area contributed by atoms with Gasteiger partial charge in [-0.15, -0.1) is 0 Å². The lowest BCUT2D eigenvalue weighted by Gasteiger charge is -2.16. The molecule has 1 aliphatic rings. The van der Waals surface area contributed by atoms with Crippen molar-refractivity contribution < 1.29 is 9.59 Å². The number of urea groups is 1. The topological polar surface area (TPSA) is 84.2 Å². The van der Waals surface area contributed by atoms with Crippen LogP contribution >= 0.6 is 0 Å². The number of hydrogen-bond donors (Lipinski definition) is 3. The fourth-order valence-electron chi connectivity index (χ4n) is 2.90. The van der Waals surface area contributed by atoms with Crippen LogP contribution in [0.1, 0.15) is 18.1 Å². The van der Waals surface area contributed by atoms with E-state index in [-0.39, 0.29) is 0 Å². The molecule has 2 aromatic rings. The zero-order valence-electron chi connectivity index (χ0n) is 11.8. The summed E-state index contributed by atoms with van der Waals surface area (Å²) in [7, 11) is 0. The molecule has 21 heavy (non-hydrogen) atoms. The van der Waals surface area contributed by atoms with Crippen molar-refractivity contribution in [1.82, 2.24) is 5.32 Å². The molecule has 108 valence electrons. The Kier molecular flexibility index (Phi) is 3.25. The molecule has 0 bridgehead atoms. The maximum Gasteiger partial charge on any atom is 0.318 e. The summed E-state index contributed by atoms with van der Waals surface area (Å²) in [5.41, 5.74) is 8.55. The smallest absolute Gasteiger partial charge is 0.318 e. The van der Waals surface area contributed by atoms with Crippen LogP contribution < -0.4 is 16.4 Å². The third-order valence-corrected chi connectivity index (χ3v) is 3.89. The Morgan fingerprint density at radius 2 is 1.86 bits per heavy atom. The van der Waals surface area contributed by atoms with Gasteiger partial charge in [-0.1, -0.05) is 24.3 Å². The van der Waals surface area contributed by atoms with Crippen molar-refractivity contribution in [2.45, 2.75) is 25.8 Å². The standard InChI is InChI=1S/C16H17N3O2/c1-9(15(20)19-16(17)21)18-13-8-7-11-6-5-10-3-2-4-12(13)14(10)11/h2-4,7-9,18H,5-6H2,1H3,(H3,17,19,20,21)/t9-/m1/s1. The summed E-state index contributed by atoms with van der Waals surface area (Å²) in [5.74, 6) is -0.439. The second kappa shape index (κ2) is 5.09. The molecular formula is C16H17N3O2. The largest absolute Gasteiger partial charge is 0.373 e. The van der Waals surface area contributed by atoms with Crippen LogP contribution in [-0.4, -0.2) is 18.0 Å². The first kappa shape index (κ1) is 13.4. The van der Waals surface area contributed by atoms with Gasteiger partial charge in [0.05, 0.1) is 0 Å². The van der Waals surface area contributed by atoms with Gasteiger partial charge < -0.3 is 11.1 Å². The van der Waals surface area contributed by atoms with E-state index in [1.807, 2.05) is 12.1 Å². The highest BCUT2D eigenvalue weighted by atomic mass is 16.2. The van der Waals surface area contributed by atoms with Gasteiger partial charge in [0.15, 0.2) is 0 Å². The Labute approximate surface area is 122 Å². The number of nitrogens with one attached hydrogen (secondary N) is 2. The van der Waals surface area contributed by atoms with Crippen molar-refractivity contribution >= 4 is 28.4 Å². The van der Waals surface area contributed by atoms with Gasteiger partial charge in [-0.2, -0.15) is 0 Å². The number of nitrogens with two attached hydrogens (primary N) is 1. The van der Waals surface area contributed by atoms with Crippen molar-refractivity contribution in [3.63, 3.8) is 0 Å².